The van der Waals surface area contributed by atoms with Gasteiger partial charge < -0.3 is 4.40 Å². The van der Waals surface area contributed by atoms with Gasteiger partial charge in [0.05, 0.1) is 5.65 Å². The summed E-state index contributed by atoms with van der Waals surface area (Å²) in [5.41, 5.74) is 7.43. The summed E-state index contributed by atoms with van der Waals surface area (Å²) < 4.78 is 2.39. The van der Waals surface area contributed by atoms with Crippen molar-refractivity contribution in [2.45, 2.75) is 59.8 Å². The molecular weight excluding hydrogens is 508 g/mol. The standard InChI is InChI=1S/C24H27N2.Ir/c1-6-7-8-22-17(5)25-24-19-11-9-16(4)13-20(19)21-14-18(15(2)3)10-12-23(21)26(22)24;/h9-10,12-15H,6-8H2,1-5H3;/q-1;. The molecule has 0 saturated carbocycles. The van der Waals surface area contributed by atoms with E-state index in [1.54, 1.807) is 0 Å². The van der Waals surface area contributed by atoms with Crippen LogP contribution in [0.1, 0.15) is 62.0 Å². The molecule has 2 aromatic heterocycles. The zero-order valence-electron chi connectivity index (χ0n) is 16.8. The number of pyridine rings is 1. The number of unbranched alkanes of at least 4 members (excludes halogenated alkanes) is 1. The molecule has 0 aliphatic heterocycles. The molecule has 3 heteroatoms. The van der Waals surface area contributed by atoms with Crippen LogP contribution in [0, 0.1) is 19.9 Å². The minimum absolute atomic E-state index is 0. The maximum absolute atomic E-state index is 4.96. The predicted octanol–water partition coefficient (Wildman–Crippen LogP) is 6.52. The summed E-state index contributed by atoms with van der Waals surface area (Å²) in [6, 6.07) is 14.8. The molecule has 0 spiro atoms. The molecule has 0 atom stereocenters. The summed E-state index contributed by atoms with van der Waals surface area (Å²) in [4.78, 5) is 4.96. The number of hydrogen-bond donors (Lipinski definition) is 0. The normalized spacial score (nSPS) is 11.6. The zero-order valence-corrected chi connectivity index (χ0v) is 19.2. The van der Waals surface area contributed by atoms with Crippen molar-refractivity contribution in [1.29, 1.82) is 0 Å². The van der Waals surface area contributed by atoms with Gasteiger partial charge in [-0.15, -0.1) is 29.1 Å². The van der Waals surface area contributed by atoms with Gasteiger partial charge in [-0.3, -0.25) is 4.98 Å². The zero-order chi connectivity index (χ0) is 18.4. The van der Waals surface area contributed by atoms with Crippen molar-refractivity contribution in [3.63, 3.8) is 0 Å². The largest absolute Gasteiger partial charge is 0.337 e. The number of fused-ring (bicyclic) bond motifs is 6. The van der Waals surface area contributed by atoms with Crippen LogP contribution in [0.15, 0.2) is 30.3 Å². The third-order valence-corrected chi connectivity index (χ3v) is 5.47. The Morgan fingerprint density at radius 1 is 1.11 bits per heavy atom. The smallest absolute Gasteiger partial charge is 0.0614 e. The molecule has 0 unspecified atom stereocenters. The van der Waals surface area contributed by atoms with Crippen LogP contribution in [0.25, 0.3) is 27.3 Å². The van der Waals surface area contributed by atoms with Crippen molar-refractivity contribution < 1.29 is 20.1 Å². The molecule has 2 nitrogen and oxygen atoms in total. The number of benzene rings is 2. The molecule has 0 aliphatic carbocycles. The first-order valence-electron chi connectivity index (χ1n) is 9.76. The van der Waals surface area contributed by atoms with E-state index >= 15 is 0 Å². The minimum atomic E-state index is 0. The monoisotopic (exact) mass is 536 g/mol. The number of rotatable bonds is 4. The van der Waals surface area contributed by atoms with Gasteiger partial charge in [-0.1, -0.05) is 51.6 Å². The molecule has 4 aromatic rings. The van der Waals surface area contributed by atoms with Crippen molar-refractivity contribution >= 4 is 27.3 Å². The molecule has 27 heavy (non-hydrogen) atoms. The van der Waals surface area contributed by atoms with Gasteiger partial charge in [-0.2, -0.15) is 0 Å². The first kappa shape index (κ1) is 20.0. The molecule has 2 heterocycles. The van der Waals surface area contributed by atoms with Crippen molar-refractivity contribution in [2.24, 2.45) is 0 Å². The minimum Gasteiger partial charge on any atom is -0.337 e. The second-order valence-corrected chi connectivity index (χ2v) is 7.80. The van der Waals surface area contributed by atoms with Crippen LogP contribution in [0.2, 0.25) is 0 Å². The van der Waals surface area contributed by atoms with Crippen LogP contribution in [-0.2, 0) is 26.5 Å². The van der Waals surface area contributed by atoms with E-state index in [-0.39, 0.29) is 20.1 Å². The summed E-state index contributed by atoms with van der Waals surface area (Å²) in [5.74, 6) is 0.517. The Bertz CT molecular complexity index is 1120. The van der Waals surface area contributed by atoms with Gasteiger partial charge in [0.15, 0.2) is 0 Å². The summed E-state index contributed by atoms with van der Waals surface area (Å²) >= 11 is 0. The van der Waals surface area contributed by atoms with Gasteiger partial charge in [-0.05, 0) is 42.7 Å². The van der Waals surface area contributed by atoms with Crippen LogP contribution in [0.4, 0.5) is 0 Å². The van der Waals surface area contributed by atoms with Crippen LogP contribution < -0.4 is 0 Å². The van der Waals surface area contributed by atoms with Gasteiger partial charge in [0.2, 0.25) is 0 Å². The maximum Gasteiger partial charge on any atom is 0.0614 e. The summed E-state index contributed by atoms with van der Waals surface area (Å²) in [5, 5.41) is 3.71. The van der Waals surface area contributed by atoms with Crippen LogP contribution >= 0.6 is 0 Å². The van der Waals surface area contributed by atoms with E-state index in [1.807, 2.05) is 0 Å². The van der Waals surface area contributed by atoms with Gasteiger partial charge in [0, 0.05) is 37.0 Å². The molecule has 0 bridgehead atoms. The Morgan fingerprint density at radius 3 is 2.59 bits per heavy atom. The molecule has 0 N–H and O–H groups in total. The average Bonchev–Trinajstić information content (AvgIpc) is 2.95. The van der Waals surface area contributed by atoms with Crippen LogP contribution in [0.5, 0.6) is 0 Å². The van der Waals surface area contributed by atoms with Crippen molar-refractivity contribution in [2.75, 3.05) is 0 Å². The first-order chi connectivity index (χ1) is 12.5. The number of imidazole rings is 1. The summed E-state index contributed by atoms with van der Waals surface area (Å²) in [6.07, 6.45) is 3.46. The summed E-state index contributed by atoms with van der Waals surface area (Å²) in [7, 11) is 0. The second kappa shape index (κ2) is 7.73. The number of aromatic nitrogens is 2. The Labute approximate surface area is 175 Å². The number of hydrogen-bond acceptors (Lipinski definition) is 1. The van der Waals surface area contributed by atoms with Crippen molar-refractivity contribution in [1.82, 2.24) is 9.38 Å². The van der Waals surface area contributed by atoms with Gasteiger partial charge in [0.25, 0.3) is 0 Å². The number of aryl methyl sites for hydroxylation is 3. The van der Waals surface area contributed by atoms with E-state index in [4.69, 9.17) is 4.98 Å². The molecule has 143 valence electrons. The van der Waals surface area contributed by atoms with Gasteiger partial charge in [0.1, 0.15) is 0 Å². The van der Waals surface area contributed by atoms with Gasteiger partial charge in [-0.25, -0.2) is 0 Å². The fourth-order valence-electron chi connectivity index (χ4n) is 3.95. The predicted molar refractivity (Wildman–Crippen MR) is 111 cm³/mol. The second-order valence-electron chi connectivity index (χ2n) is 7.80. The molecule has 1 radical (unpaired) electrons. The Kier molecular flexibility index (Phi) is 5.74. The average molecular weight is 536 g/mol. The molecular formula is C24H27IrN2-. The Balaban J connectivity index is 0.00000210. The van der Waals surface area contributed by atoms with Crippen molar-refractivity contribution in [3.05, 3.63) is 58.9 Å². The molecule has 2 aromatic carbocycles. The van der Waals surface area contributed by atoms with Crippen LogP contribution in [0.3, 0.4) is 0 Å². The topological polar surface area (TPSA) is 17.3 Å². The van der Waals surface area contributed by atoms with Gasteiger partial charge >= 0.3 is 0 Å². The van der Waals surface area contributed by atoms with E-state index in [0.29, 0.717) is 5.92 Å². The quantitative estimate of drug-likeness (QED) is 0.215. The number of nitrogens with zero attached hydrogens (tertiary/aromatic N) is 2. The SMILES string of the molecule is CCCCc1c(C)nc2c3[c-]cc(C)cc3c3cc(C(C)C)ccc3n12.[Ir]. The Hall–Kier alpha value is -1.70. The van der Waals surface area contributed by atoms with E-state index in [2.05, 4.69) is 75.4 Å². The third-order valence-electron chi connectivity index (χ3n) is 5.47. The van der Waals surface area contributed by atoms with Crippen LogP contribution in [-0.4, -0.2) is 9.38 Å². The van der Waals surface area contributed by atoms with E-state index < -0.39 is 0 Å². The van der Waals surface area contributed by atoms with Crippen molar-refractivity contribution in [3.8, 4) is 0 Å². The molecule has 0 amide bonds. The van der Waals surface area contributed by atoms with E-state index in [1.165, 1.54) is 46.0 Å². The third kappa shape index (κ3) is 3.32. The fraction of sp³-hybridized carbons (Fsp3) is 0.375. The molecule has 0 fully saturated rings. The molecule has 4 rings (SSSR count). The van der Waals surface area contributed by atoms with E-state index in [9.17, 15) is 0 Å². The Morgan fingerprint density at radius 2 is 1.89 bits per heavy atom. The summed E-state index contributed by atoms with van der Waals surface area (Å²) in [6.45, 7) is 11.0. The fourth-order valence-corrected chi connectivity index (χ4v) is 3.95. The maximum atomic E-state index is 4.96. The van der Waals surface area contributed by atoms with E-state index in [0.717, 1.165) is 23.1 Å². The molecule has 0 aliphatic rings. The molecule has 0 saturated heterocycles. The first-order valence-corrected chi connectivity index (χ1v) is 9.76.